The molecule has 5 heteroatoms. The number of aromatic nitrogens is 2. The first-order chi connectivity index (χ1) is 8.59. The third kappa shape index (κ3) is 3.01. The van der Waals surface area contributed by atoms with E-state index in [4.69, 9.17) is 0 Å². The molecule has 0 amide bonds. The van der Waals surface area contributed by atoms with Crippen molar-refractivity contribution in [3.63, 3.8) is 0 Å². The molecule has 1 unspecified atom stereocenters. The van der Waals surface area contributed by atoms with E-state index in [-0.39, 0.29) is 5.69 Å². The summed E-state index contributed by atoms with van der Waals surface area (Å²) in [5.41, 5.74) is 1.63. The van der Waals surface area contributed by atoms with Crippen molar-refractivity contribution in [2.24, 2.45) is 5.92 Å². The SMILES string of the molecule is Cc1nc(=O)n(CCC2CCCNC2)c(C)c1Br. The average Bonchev–Trinajstić information content (AvgIpc) is 2.37. The van der Waals surface area contributed by atoms with E-state index < -0.39 is 0 Å². The summed E-state index contributed by atoms with van der Waals surface area (Å²) in [6.45, 7) is 6.80. The fourth-order valence-electron chi connectivity index (χ4n) is 2.52. The Morgan fingerprint density at radius 1 is 1.50 bits per heavy atom. The summed E-state index contributed by atoms with van der Waals surface area (Å²) in [7, 11) is 0. The molecule has 2 heterocycles. The predicted molar refractivity (Wildman–Crippen MR) is 75.9 cm³/mol. The van der Waals surface area contributed by atoms with Crippen LogP contribution in [0.3, 0.4) is 0 Å². The largest absolute Gasteiger partial charge is 0.348 e. The van der Waals surface area contributed by atoms with Gasteiger partial charge in [-0.2, -0.15) is 4.98 Å². The normalized spacial score (nSPS) is 20.1. The van der Waals surface area contributed by atoms with Gasteiger partial charge in [0.25, 0.3) is 0 Å². The zero-order valence-corrected chi connectivity index (χ0v) is 12.6. The van der Waals surface area contributed by atoms with Crippen molar-refractivity contribution in [2.75, 3.05) is 13.1 Å². The minimum Gasteiger partial charge on any atom is -0.316 e. The highest BCUT2D eigenvalue weighted by Crippen LogP contribution is 2.19. The van der Waals surface area contributed by atoms with Gasteiger partial charge < -0.3 is 5.32 Å². The topological polar surface area (TPSA) is 46.9 Å². The van der Waals surface area contributed by atoms with Crippen LogP contribution in [0.15, 0.2) is 9.27 Å². The minimum atomic E-state index is -0.128. The monoisotopic (exact) mass is 313 g/mol. The quantitative estimate of drug-likeness (QED) is 0.928. The maximum absolute atomic E-state index is 11.9. The van der Waals surface area contributed by atoms with Gasteiger partial charge in [0.15, 0.2) is 0 Å². The summed E-state index contributed by atoms with van der Waals surface area (Å²) in [5, 5.41) is 3.41. The van der Waals surface area contributed by atoms with Crippen LogP contribution in [0.25, 0.3) is 0 Å². The first kappa shape index (κ1) is 13.7. The summed E-state index contributed by atoms with van der Waals surface area (Å²) in [6, 6.07) is 0. The van der Waals surface area contributed by atoms with Gasteiger partial charge >= 0.3 is 5.69 Å². The van der Waals surface area contributed by atoms with Gasteiger partial charge in [0.2, 0.25) is 0 Å². The molecule has 100 valence electrons. The van der Waals surface area contributed by atoms with Gasteiger partial charge in [-0.1, -0.05) is 0 Å². The van der Waals surface area contributed by atoms with Crippen LogP contribution >= 0.6 is 15.9 Å². The lowest BCUT2D eigenvalue weighted by Gasteiger charge is -2.23. The molecule has 1 N–H and O–H groups in total. The van der Waals surface area contributed by atoms with Gasteiger partial charge in [-0.3, -0.25) is 4.57 Å². The van der Waals surface area contributed by atoms with Crippen LogP contribution in [0, 0.1) is 19.8 Å². The van der Waals surface area contributed by atoms with Crippen LogP contribution in [0.2, 0.25) is 0 Å². The number of piperidine rings is 1. The number of hydrogen-bond acceptors (Lipinski definition) is 3. The fraction of sp³-hybridized carbons (Fsp3) is 0.692. The Morgan fingerprint density at radius 2 is 2.28 bits per heavy atom. The molecule has 2 rings (SSSR count). The van der Waals surface area contributed by atoms with Gasteiger partial charge in [0.1, 0.15) is 0 Å². The summed E-state index contributed by atoms with van der Waals surface area (Å²) in [6.07, 6.45) is 3.56. The highest BCUT2D eigenvalue weighted by atomic mass is 79.9. The van der Waals surface area contributed by atoms with E-state index >= 15 is 0 Å². The van der Waals surface area contributed by atoms with E-state index in [1.807, 2.05) is 13.8 Å². The van der Waals surface area contributed by atoms with Crippen LogP contribution in [0.4, 0.5) is 0 Å². The average molecular weight is 314 g/mol. The summed E-state index contributed by atoms with van der Waals surface area (Å²) in [4.78, 5) is 15.9. The predicted octanol–water partition coefficient (Wildman–Crippen LogP) is 2.01. The third-order valence-corrected chi connectivity index (χ3v) is 4.84. The Balaban J connectivity index is 2.09. The van der Waals surface area contributed by atoms with Crippen LogP contribution in [0.5, 0.6) is 0 Å². The first-order valence-corrected chi connectivity index (χ1v) is 7.33. The lowest BCUT2D eigenvalue weighted by atomic mass is 9.96. The van der Waals surface area contributed by atoms with Crippen molar-refractivity contribution in [2.45, 2.75) is 39.7 Å². The second kappa shape index (κ2) is 5.97. The smallest absolute Gasteiger partial charge is 0.316 e. The number of nitrogens with zero attached hydrogens (tertiary/aromatic N) is 2. The van der Waals surface area contributed by atoms with Crippen molar-refractivity contribution in [3.05, 3.63) is 26.3 Å². The van der Waals surface area contributed by atoms with E-state index in [0.717, 1.165) is 41.9 Å². The molecule has 1 aromatic heterocycles. The lowest BCUT2D eigenvalue weighted by Crippen LogP contribution is -2.32. The molecule has 0 bridgehead atoms. The number of halogens is 1. The zero-order valence-electron chi connectivity index (χ0n) is 11.0. The Kier molecular flexibility index (Phi) is 4.56. The molecule has 1 saturated heterocycles. The summed E-state index contributed by atoms with van der Waals surface area (Å²) < 4.78 is 2.73. The van der Waals surface area contributed by atoms with Crippen molar-refractivity contribution in [3.8, 4) is 0 Å². The molecule has 0 aliphatic carbocycles. The molecule has 18 heavy (non-hydrogen) atoms. The molecular weight excluding hydrogens is 294 g/mol. The summed E-state index contributed by atoms with van der Waals surface area (Å²) in [5.74, 6) is 0.685. The van der Waals surface area contributed by atoms with Gasteiger partial charge in [-0.15, -0.1) is 0 Å². The van der Waals surface area contributed by atoms with E-state index in [1.54, 1.807) is 4.57 Å². The van der Waals surface area contributed by atoms with Gasteiger partial charge in [0.05, 0.1) is 10.2 Å². The van der Waals surface area contributed by atoms with E-state index in [1.165, 1.54) is 12.8 Å². The zero-order chi connectivity index (χ0) is 13.1. The van der Waals surface area contributed by atoms with Crippen LogP contribution in [-0.4, -0.2) is 22.6 Å². The highest BCUT2D eigenvalue weighted by molar-refractivity contribution is 9.10. The molecule has 1 fully saturated rings. The standard InChI is InChI=1S/C13H20BrN3O/c1-9-12(14)10(2)17(13(18)16-9)7-5-11-4-3-6-15-8-11/h11,15H,3-8H2,1-2H3. The van der Waals surface area contributed by atoms with Gasteiger partial charge in [-0.25, -0.2) is 4.79 Å². The molecule has 0 saturated carbocycles. The van der Waals surface area contributed by atoms with Crippen molar-refractivity contribution in [1.29, 1.82) is 0 Å². The fourth-order valence-corrected chi connectivity index (χ4v) is 2.82. The number of hydrogen-bond donors (Lipinski definition) is 1. The molecule has 1 aliphatic heterocycles. The first-order valence-electron chi connectivity index (χ1n) is 6.54. The molecule has 0 spiro atoms. The van der Waals surface area contributed by atoms with Gasteiger partial charge in [-0.05, 0) is 68.0 Å². The van der Waals surface area contributed by atoms with E-state index in [0.29, 0.717) is 5.92 Å². The second-order valence-electron chi connectivity index (χ2n) is 5.03. The number of nitrogens with one attached hydrogen (secondary N) is 1. The Labute approximate surface area is 116 Å². The molecule has 1 atom stereocenters. The number of aryl methyl sites for hydroxylation is 1. The molecular formula is C13H20BrN3O. The maximum atomic E-state index is 11.9. The van der Waals surface area contributed by atoms with E-state index in [2.05, 4.69) is 26.2 Å². The lowest BCUT2D eigenvalue weighted by molar-refractivity contribution is 0.338. The van der Waals surface area contributed by atoms with Crippen molar-refractivity contribution < 1.29 is 0 Å². The second-order valence-corrected chi connectivity index (χ2v) is 5.82. The molecule has 0 radical (unpaired) electrons. The van der Waals surface area contributed by atoms with Gasteiger partial charge in [0, 0.05) is 12.2 Å². The number of rotatable bonds is 3. The minimum absolute atomic E-state index is 0.128. The highest BCUT2D eigenvalue weighted by Gasteiger charge is 2.15. The molecule has 0 aromatic carbocycles. The van der Waals surface area contributed by atoms with Crippen molar-refractivity contribution in [1.82, 2.24) is 14.9 Å². The van der Waals surface area contributed by atoms with Crippen LogP contribution < -0.4 is 11.0 Å². The molecule has 1 aromatic rings. The maximum Gasteiger partial charge on any atom is 0.348 e. The molecule has 4 nitrogen and oxygen atoms in total. The summed E-state index contributed by atoms with van der Waals surface area (Å²) >= 11 is 3.50. The molecule has 1 aliphatic rings. The third-order valence-electron chi connectivity index (χ3n) is 3.69. The van der Waals surface area contributed by atoms with E-state index in [9.17, 15) is 4.79 Å². The van der Waals surface area contributed by atoms with Crippen molar-refractivity contribution >= 4 is 15.9 Å². The van der Waals surface area contributed by atoms with Crippen LogP contribution in [0.1, 0.15) is 30.7 Å². The Hall–Kier alpha value is -0.680. The van der Waals surface area contributed by atoms with Crippen LogP contribution in [-0.2, 0) is 6.54 Å². The Morgan fingerprint density at radius 3 is 2.94 bits per heavy atom. The Bertz CT molecular complexity index is 478.